The Balaban J connectivity index is 0.00000196. The van der Waals surface area contributed by atoms with Gasteiger partial charge in [-0.3, -0.25) is 0 Å². The maximum atomic E-state index is 10.5. The van der Waals surface area contributed by atoms with Gasteiger partial charge < -0.3 is 9.84 Å². The van der Waals surface area contributed by atoms with Crippen molar-refractivity contribution in [1.82, 2.24) is 0 Å². The van der Waals surface area contributed by atoms with E-state index in [0.717, 1.165) is 0 Å². The molecule has 0 fully saturated rings. The van der Waals surface area contributed by atoms with Gasteiger partial charge in [-0.2, -0.15) is 0 Å². The Bertz CT molecular complexity index is 357. The Kier molecular flexibility index (Phi) is 6.54. The molecule has 0 aliphatic rings. The zero-order valence-electron chi connectivity index (χ0n) is 8.04. The molecule has 3 nitrogen and oxygen atoms in total. The standard InChI is InChI=1S/C9H8Cl2O3.Pb.2H/c1-5(9(12)13)14-8-3-2-6(10)4-7(8)11;;;/h2-5H,1H3,(H,12,13);;;. The summed E-state index contributed by atoms with van der Waals surface area (Å²) >= 11 is 11.4. The van der Waals surface area contributed by atoms with E-state index in [0.29, 0.717) is 15.8 Å². The van der Waals surface area contributed by atoms with Crippen LogP contribution < -0.4 is 4.74 Å². The molecule has 0 amide bonds. The summed E-state index contributed by atoms with van der Waals surface area (Å²) in [6.07, 6.45) is -0.936. The molecule has 1 N–H and O–H groups in total. The third-order valence-electron chi connectivity index (χ3n) is 1.55. The predicted octanol–water partition coefficient (Wildman–Crippen LogP) is 1.93. The van der Waals surface area contributed by atoms with Crippen LogP contribution in [0.25, 0.3) is 0 Å². The molecule has 6 heteroatoms. The Morgan fingerprint density at radius 2 is 2.07 bits per heavy atom. The van der Waals surface area contributed by atoms with Gasteiger partial charge in [0, 0.05) is 5.02 Å². The van der Waals surface area contributed by atoms with E-state index in [4.69, 9.17) is 33.0 Å². The molecular weight excluding hydrogens is 434 g/mol. The van der Waals surface area contributed by atoms with Crippen LogP contribution >= 0.6 is 23.2 Å². The second-order valence-electron chi connectivity index (χ2n) is 2.67. The fourth-order valence-corrected chi connectivity index (χ4v) is 1.26. The number of hydrogen-bond donors (Lipinski definition) is 1. The fourth-order valence-electron chi connectivity index (χ4n) is 0.812. The molecule has 0 spiro atoms. The quantitative estimate of drug-likeness (QED) is 0.726. The predicted molar refractivity (Wildman–Crippen MR) is 62.7 cm³/mol. The number of aliphatic carboxylic acids is 1. The summed E-state index contributed by atoms with van der Waals surface area (Å²) in [6.45, 7) is 1.42. The van der Waals surface area contributed by atoms with Crippen molar-refractivity contribution in [3.8, 4) is 5.75 Å². The fraction of sp³-hybridized carbons (Fsp3) is 0.222. The van der Waals surface area contributed by atoms with Gasteiger partial charge in [-0.1, -0.05) is 23.2 Å². The Hall–Kier alpha value is -0.00792. The molecule has 1 unspecified atom stereocenters. The number of ether oxygens (including phenoxy) is 1. The molecule has 0 saturated carbocycles. The number of halogens is 2. The van der Waals surface area contributed by atoms with E-state index in [-0.39, 0.29) is 27.3 Å². The molecule has 1 aromatic carbocycles. The topological polar surface area (TPSA) is 46.5 Å². The van der Waals surface area contributed by atoms with Crippen LogP contribution in [0, 0.1) is 0 Å². The van der Waals surface area contributed by atoms with Gasteiger partial charge in [-0.05, 0) is 25.1 Å². The normalized spacial score (nSPS) is 11.4. The maximum absolute atomic E-state index is 10.5. The molecule has 1 aromatic rings. The van der Waals surface area contributed by atoms with Gasteiger partial charge in [0.25, 0.3) is 0 Å². The minimum absolute atomic E-state index is 0. The van der Waals surface area contributed by atoms with Crippen molar-refractivity contribution in [3.05, 3.63) is 28.2 Å². The van der Waals surface area contributed by atoms with Gasteiger partial charge in [0.1, 0.15) is 5.75 Å². The van der Waals surface area contributed by atoms with Gasteiger partial charge in [-0.15, -0.1) is 0 Å². The van der Waals surface area contributed by atoms with Crippen molar-refractivity contribution in [1.29, 1.82) is 0 Å². The number of rotatable bonds is 3. The average Bonchev–Trinajstić information content (AvgIpc) is 2.09. The van der Waals surface area contributed by atoms with Gasteiger partial charge >= 0.3 is 33.3 Å². The van der Waals surface area contributed by atoms with E-state index in [1.165, 1.54) is 19.1 Å². The average molecular weight is 444 g/mol. The van der Waals surface area contributed by atoms with Crippen LogP contribution in [0.3, 0.4) is 0 Å². The van der Waals surface area contributed by atoms with Gasteiger partial charge in [-0.25, -0.2) is 4.79 Å². The Morgan fingerprint density at radius 1 is 1.47 bits per heavy atom. The van der Waals surface area contributed by atoms with E-state index in [9.17, 15) is 4.79 Å². The monoisotopic (exact) mass is 444 g/mol. The first-order valence-electron chi connectivity index (χ1n) is 3.85. The van der Waals surface area contributed by atoms with E-state index >= 15 is 0 Å². The van der Waals surface area contributed by atoms with Crippen molar-refractivity contribution < 1.29 is 14.6 Å². The summed E-state index contributed by atoms with van der Waals surface area (Å²) in [5.41, 5.74) is 0. The third-order valence-corrected chi connectivity index (χ3v) is 2.08. The number of carbonyl (C=O) groups is 1. The van der Waals surface area contributed by atoms with Crippen LogP contribution in [0.4, 0.5) is 0 Å². The number of benzene rings is 1. The first-order chi connectivity index (χ1) is 6.50. The van der Waals surface area contributed by atoms with Crippen molar-refractivity contribution >= 4 is 56.5 Å². The van der Waals surface area contributed by atoms with Crippen molar-refractivity contribution in [2.75, 3.05) is 0 Å². The van der Waals surface area contributed by atoms with Gasteiger partial charge in [0.05, 0.1) is 5.02 Å². The molecular formula is C9H10Cl2O3Pb. The molecule has 0 aliphatic heterocycles. The van der Waals surface area contributed by atoms with Crippen molar-refractivity contribution in [2.24, 2.45) is 0 Å². The molecule has 0 aromatic heterocycles. The van der Waals surface area contributed by atoms with Gasteiger partial charge in [0.2, 0.25) is 0 Å². The van der Waals surface area contributed by atoms with E-state index in [2.05, 4.69) is 0 Å². The first kappa shape index (κ1) is 15.0. The Labute approximate surface area is 117 Å². The molecule has 0 saturated heterocycles. The van der Waals surface area contributed by atoms with E-state index in [1.807, 2.05) is 0 Å². The third kappa shape index (κ3) is 4.57. The molecule has 0 heterocycles. The SMILES string of the molecule is CC(Oc1ccc(Cl)cc1Cl)C(=O)O.[PbH2]. The second-order valence-corrected chi connectivity index (χ2v) is 3.52. The number of carboxylic acid groups (broad SMARTS) is 1. The van der Waals surface area contributed by atoms with Crippen LogP contribution in [0.5, 0.6) is 5.75 Å². The zero-order chi connectivity index (χ0) is 10.7. The number of carboxylic acids is 1. The first-order valence-corrected chi connectivity index (χ1v) is 4.61. The zero-order valence-corrected chi connectivity index (χ0v) is 15.0. The molecule has 15 heavy (non-hydrogen) atoms. The summed E-state index contributed by atoms with van der Waals surface area (Å²) in [4.78, 5) is 10.5. The molecule has 0 bridgehead atoms. The molecule has 82 valence electrons. The van der Waals surface area contributed by atoms with Crippen molar-refractivity contribution in [2.45, 2.75) is 13.0 Å². The van der Waals surface area contributed by atoms with Crippen LogP contribution in [0.1, 0.15) is 6.92 Å². The summed E-state index contributed by atoms with van der Waals surface area (Å²) in [7, 11) is 0. The summed E-state index contributed by atoms with van der Waals surface area (Å²) < 4.78 is 5.07. The van der Waals surface area contributed by atoms with E-state index in [1.54, 1.807) is 6.07 Å². The molecule has 1 atom stereocenters. The summed E-state index contributed by atoms with van der Waals surface area (Å²) in [5.74, 6) is -0.734. The second kappa shape index (κ2) is 6.55. The Morgan fingerprint density at radius 3 is 2.53 bits per heavy atom. The molecule has 0 aliphatic carbocycles. The van der Waals surface area contributed by atoms with Gasteiger partial charge in [0.15, 0.2) is 6.10 Å². The summed E-state index contributed by atoms with van der Waals surface area (Å²) in [6, 6.07) is 4.61. The van der Waals surface area contributed by atoms with Crippen LogP contribution in [0.15, 0.2) is 18.2 Å². The van der Waals surface area contributed by atoms with Crippen LogP contribution in [-0.4, -0.2) is 44.5 Å². The molecule has 1 rings (SSSR count). The van der Waals surface area contributed by atoms with Crippen LogP contribution in [0.2, 0.25) is 10.0 Å². The molecule has 2 radical (unpaired) electrons. The van der Waals surface area contributed by atoms with E-state index < -0.39 is 12.1 Å². The number of hydrogen-bond acceptors (Lipinski definition) is 2. The van der Waals surface area contributed by atoms with Crippen LogP contribution in [-0.2, 0) is 4.79 Å². The minimum atomic E-state index is -1.05. The van der Waals surface area contributed by atoms with Crippen molar-refractivity contribution in [3.63, 3.8) is 0 Å². The summed E-state index contributed by atoms with van der Waals surface area (Å²) in [5, 5.41) is 9.37.